The van der Waals surface area contributed by atoms with Gasteiger partial charge >= 0.3 is 0 Å². The van der Waals surface area contributed by atoms with Crippen LogP contribution in [0.1, 0.15) is 40.4 Å². The second kappa shape index (κ2) is 9.03. The van der Waals surface area contributed by atoms with Gasteiger partial charge in [-0.1, -0.05) is 30.3 Å². The first-order chi connectivity index (χ1) is 14.1. The molecule has 154 valence electrons. The molecule has 2 saturated heterocycles. The molecule has 2 atom stereocenters. The third-order valence-corrected chi connectivity index (χ3v) is 5.87. The minimum absolute atomic E-state index is 0.00239. The van der Waals surface area contributed by atoms with E-state index < -0.39 is 0 Å². The molecular weight excluding hydrogens is 366 g/mol. The van der Waals surface area contributed by atoms with Crippen LogP contribution in [-0.2, 0) is 4.74 Å². The summed E-state index contributed by atoms with van der Waals surface area (Å²) in [5.74, 6) is -0.00239. The number of aromatic nitrogens is 1. The van der Waals surface area contributed by atoms with E-state index in [0.717, 1.165) is 43.6 Å². The number of hydrogen-bond donors (Lipinski definition) is 1. The lowest BCUT2D eigenvalue weighted by Crippen LogP contribution is -2.52. The molecule has 1 amide bonds. The zero-order chi connectivity index (χ0) is 20.2. The number of aliphatic hydroxyl groups is 1. The van der Waals surface area contributed by atoms with Gasteiger partial charge in [-0.3, -0.25) is 9.78 Å². The van der Waals surface area contributed by atoms with Crippen LogP contribution < -0.4 is 0 Å². The molecule has 3 heterocycles. The van der Waals surface area contributed by atoms with Crippen LogP contribution in [0.25, 0.3) is 0 Å². The Morgan fingerprint density at radius 3 is 2.66 bits per heavy atom. The summed E-state index contributed by atoms with van der Waals surface area (Å²) in [6, 6.07) is 11.9. The molecule has 0 unspecified atom stereocenters. The van der Waals surface area contributed by atoms with E-state index in [1.807, 2.05) is 36.1 Å². The quantitative estimate of drug-likeness (QED) is 0.861. The van der Waals surface area contributed by atoms with E-state index >= 15 is 0 Å². The van der Waals surface area contributed by atoms with Crippen molar-refractivity contribution >= 4 is 5.91 Å². The van der Waals surface area contributed by atoms with Gasteiger partial charge in [0.1, 0.15) is 0 Å². The van der Waals surface area contributed by atoms with Crippen LogP contribution in [0.15, 0.2) is 48.8 Å². The fraction of sp³-hybridized carbons (Fsp3) is 0.478. The summed E-state index contributed by atoms with van der Waals surface area (Å²) in [5, 5.41) is 9.81. The zero-order valence-electron chi connectivity index (χ0n) is 16.9. The average molecular weight is 396 g/mol. The fourth-order valence-electron chi connectivity index (χ4n) is 4.35. The highest BCUT2D eigenvalue weighted by Gasteiger charge is 2.38. The molecule has 0 aliphatic carbocycles. The number of nitrogens with zero attached hydrogens (tertiary/aromatic N) is 3. The van der Waals surface area contributed by atoms with E-state index in [2.05, 4.69) is 22.0 Å². The SMILES string of the molecule is Cc1cncc(C(=O)N2CCO[C@@H](CN3CCC(O)CC3)[C@@H]2c2ccccc2)c1. The normalized spacial score (nSPS) is 23.9. The van der Waals surface area contributed by atoms with Gasteiger partial charge < -0.3 is 19.6 Å². The number of rotatable bonds is 4. The van der Waals surface area contributed by atoms with E-state index in [-0.39, 0.29) is 24.2 Å². The number of morpholine rings is 1. The molecule has 6 nitrogen and oxygen atoms in total. The molecule has 0 saturated carbocycles. The molecule has 4 rings (SSSR count). The van der Waals surface area contributed by atoms with Gasteiger partial charge in [0.15, 0.2) is 0 Å². The Hall–Kier alpha value is -2.28. The summed E-state index contributed by atoms with van der Waals surface area (Å²) in [6.07, 6.45) is 4.69. The van der Waals surface area contributed by atoms with E-state index in [9.17, 15) is 9.90 Å². The van der Waals surface area contributed by atoms with Crippen molar-refractivity contribution < 1.29 is 14.6 Å². The summed E-state index contributed by atoms with van der Waals surface area (Å²) in [4.78, 5) is 21.9. The molecule has 0 bridgehead atoms. The maximum atomic E-state index is 13.4. The largest absolute Gasteiger partial charge is 0.393 e. The third-order valence-electron chi connectivity index (χ3n) is 5.87. The third kappa shape index (κ3) is 4.66. The molecule has 0 spiro atoms. The number of aryl methyl sites for hydroxylation is 1. The minimum Gasteiger partial charge on any atom is -0.393 e. The predicted molar refractivity (Wildman–Crippen MR) is 111 cm³/mol. The topological polar surface area (TPSA) is 65.9 Å². The Labute approximate surface area is 172 Å². The second-order valence-corrected chi connectivity index (χ2v) is 8.05. The summed E-state index contributed by atoms with van der Waals surface area (Å²) in [6.45, 7) is 5.50. The molecule has 0 radical (unpaired) electrons. The molecular formula is C23H29N3O3. The van der Waals surface area contributed by atoms with Crippen molar-refractivity contribution in [1.82, 2.24) is 14.8 Å². The first-order valence-corrected chi connectivity index (χ1v) is 10.4. The number of likely N-dealkylation sites (tertiary alicyclic amines) is 1. The highest BCUT2D eigenvalue weighted by molar-refractivity contribution is 5.94. The van der Waals surface area contributed by atoms with Crippen LogP contribution in [0.4, 0.5) is 0 Å². The number of piperidine rings is 1. The van der Waals surface area contributed by atoms with Crippen LogP contribution in [0.5, 0.6) is 0 Å². The van der Waals surface area contributed by atoms with Gasteiger partial charge in [0.2, 0.25) is 0 Å². The van der Waals surface area contributed by atoms with E-state index in [4.69, 9.17) is 4.74 Å². The molecule has 2 aromatic rings. The molecule has 1 N–H and O–H groups in total. The van der Waals surface area contributed by atoms with Crippen LogP contribution in [0, 0.1) is 6.92 Å². The highest BCUT2D eigenvalue weighted by Crippen LogP contribution is 2.32. The van der Waals surface area contributed by atoms with Crippen LogP contribution in [0.2, 0.25) is 0 Å². The number of carbonyl (C=O) groups is 1. The monoisotopic (exact) mass is 395 g/mol. The fourth-order valence-corrected chi connectivity index (χ4v) is 4.35. The van der Waals surface area contributed by atoms with Crippen molar-refractivity contribution in [3.63, 3.8) is 0 Å². The minimum atomic E-state index is -0.199. The molecule has 2 fully saturated rings. The number of hydrogen-bond acceptors (Lipinski definition) is 5. The number of amides is 1. The van der Waals surface area contributed by atoms with Crippen LogP contribution in [-0.4, -0.2) is 70.8 Å². The molecule has 29 heavy (non-hydrogen) atoms. The molecule has 1 aromatic heterocycles. The number of benzene rings is 1. The number of aliphatic hydroxyl groups excluding tert-OH is 1. The Morgan fingerprint density at radius 1 is 1.17 bits per heavy atom. The Balaban J connectivity index is 1.60. The van der Waals surface area contributed by atoms with Crippen molar-refractivity contribution in [1.29, 1.82) is 0 Å². The Bertz CT molecular complexity index is 821. The van der Waals surface area contributed by atoms with Crippen molar-refractivity contribution in [2.45, 2.75) is 38.0 Å². The highest BCUT2D eigenvalue weighted by atomic mass is 16.5. The number of ether oxygens (including phenoxy) is 1. The molecule has 2 aliphatic rings. The van der Waals surface area contributed by atoms with Gasteiger partial charge in [-0.15, -0.1) is 0 Å². The van der Waals surface area contributed by atoms with Crippen molar-refractivity contribution in [2.24, 2.45) is 0 Å². The maximum absolute atomic E-state index is 13.4. The van der Waals surface area contributed by atoms with Gasteiger partial charge in [-0.2, -0.15) is 0 Å². The van der Waals surface area contributed by atoms with Gasteiger partial charge in [0.25, 0.3) is 5.91 Å². The summed E-state index contributed by atoms with van der Waals surface area (Å²) >= 11 is 0. The lowest BCUT2D eigenvalue weighted by Gasteiger charge is -2.44. The van der Waals surface area contributed by atoms with Crippen molar-refractivity contribution in [3.8, 4) is 0 Å². The molecule has 6 heteroatoms. The molecule has 2 aliphatic heterocycles. The second-order valence-electron chi connectivity index (χ2n) is 8.05. The van der Waals surface area contributed by atoms with Crippen molar-refractivity contribution in [2.75, 3.05) is 32.8 Å². The standard InChI is InChI=1S/C23H29N3O3/c1-17-13-19(15-24-14-17)23(28)26-11-12-29-21(16-25-9-7-20(27)8-10-25)22(26)18-5-3-2-4-6-18/h2-6,13-15,20-22,27H,7-12,16H2,1H3/t21-,22-/m0/s1. The van der Waals surface area contributed by atoms with Crippen LogP contribution >= 0.6 is 0 Å². The lowest BCUT2D eigenvalue weighted by molar-refractivity contribution is -0.0770. The van der Waals surface area contributed by atoms with E-state index in [0.29, 0.717) is 18.7 Å². The summed E-state index contributed by atoms with van der Waals surface area (Å²) < 4.78 is 6.20. The molecule has 1 aromatic carbocycles. The van der Waals surface area contributed by atoms with Crippen LogP contribution in [0.3, 0.4) is 0 Å². The van der Waals surface area contributed by atoms with Crippen molar-refractivity contribution in [3.05, 3.63) is 65.5 Å². The number of carbonyl (C=O) groups excluding carboxylic acids is 1. The van der Waals surface area contributed by atoms with Gasteiger partial charge in [-0.25, -0.2) is 0 Å². The number of pyridine rings is 1. The van der Waals surface area contributed by atoms with Gasteiger partial charge in [0.05, 0.1) is 30.4 Å². The Kier molecular flexibility index (Phi) is 6.23. The average Bonchev–Trinajstić information content (AvgIpc) is 2.75. The lowest BCUT2D eigenvalue weighted by atomic mass is 9.96. The first kappa shape index (κ1) is 20.0. The first-order valence-electron chi connectivity index (χ1n) is 10.4. The van der Waals surface area contributed by atoms with E-state index in [1.54, 1.807) is 12.4 Å². The predicted octanol–water partition coefficient (Wildman–Crippen LogP) is 2.43. The summed E-state index contributed by atoms with van der Waals surface area (Å²) in [5.41, 5.74) is 2.68. The Morgan fingerprint density at radius 2 is 1.93 bits per heavy atom. The van der Waals surface area contributed by atoms with E-state index in [1.165, 1.54) is 0 Å². The maximum Gasteiger partial charge on any atom is 0.256 e. The summed E-state index contributed by atoms with van der Waals surface area (Å²) in [7, 11) is 0. The van der Waals surface area contributed by atoms with Gasteiger partial charge in [0, 0.05) is 38.6 Å². The smallest absolute Gasteiger partial charge is 0.256 e. The van der Waals surface area contributed by atoms with Gasteiger partial charge in [-0.05, 0) is 37.0 Å². The zero-order valence-corrected chi connectivity index (χ0v) is 16.9.